The number of benzene rings is 4. The van der Waals surface area contributed by atoms with Crippen molar-refractivity contribution in [2.75, 3.05) is 0 Å². The molecule has 4 rings (SSSR count). The second-order valence-corrected chi connectivity index (χ2v) is 8.16. The Balaban J connectivity index is 1.35. The van der Waals surface area contributed by atoms with Crippen LogP contribution in [0.4, 0.5) is 8.78 Å². The van der Waals surface area contributed by atoms with E-state index < -0.39 is 0 Å². The third kappa shape index (κ3) is 6.27. The van der Waals surface area contributed by atoms with Crippen molar-refractivity contribution >= 4 is 36.1 Å². The van der Waals surface area contributed by atoms with Gasteiger partial charge in [-0.05, 0) is 70.8 Å². The lowest BCUT2D eigenvalue weighted by Crippen LogP contribution is -1.78. The molecule has 0 aliphatic carbocycles. The summed E-state index contributed by atoms with van der Waals surface area (Å²) in [4.78, 5) is 2.32. The molecule has 3 heteroatoms. The van der Waals surface area contributed by atoms with Crippen molar-refractivity contribution in [2.45, 2.75) is 9.79 Å². The molecule has 0 saturated carbocycles. The Hall–Kier alpha value is -3.43. The number of rotatable bonds is 6. The van der Waals surface area contributed by atoms with Crippen LogP contribution in [0.5, 0.6) is 0 Å². The molecule has 0 heterocycles. The molecule has 0 aromatic heterocycles. The number of halogens is 2. The fourth-order valence-corrected chi connectivity index (χ4v) is 3.78. The number of hydrogen-bond donors (Lipinski definition) is 0. The minimum absolute atomic E-state index is 0.226. The summed E-state index contributed by atoms with van der Waals surface area (Å²) in [6.07, 6.45) is 7.98. The van der Waals surface area contributed by atoms with Crippen LogP contribution in [0, 0.1) is 11.6 Å². The molecule has 0 fully saturated rings. The molecule has 4 aromatic rings. The van der Waals surface area contributed by atoms with E-state index >= 15 is 0 Å². The number of hydrogen-bond acceptors (Lipinski definition) is 1. The van der Waals surface area contributed by atoms with Crippen LogP contribution in [0.1, 0.15) is 22.3 Å². The summed E-state index contributed by atoms with van der Waals surface area (Å²) in [5, 5.41) is 0. The molecule has 31 heavy (non-hydrogen) atoms. The van der Waals surface area contributed by atoms with Crippen molar-refractivity contribution in [3.8, 4) is 0 Å². The first-order valence-electron chi connectivity index (χ1n) is 9.89. The van der Waals surface area contributed by atoms with E-state index in [2.05, 4.69) is 48.5 Å². The van der Waals surface area contributed by atoms with Crippen LogP contribution in [-0.4, -0.2) is 0 Å². The second-order valence-electron chi connectivity index (χ2n) is 7.01. The monoisotopic (exact) mass is 426 g/mol. The molecule has 152 valence electrons. The average molecular weight is 427 g/mol. The van der Waals surface area contributed by atoms with E-state index in [9.17, 15) is 8.78 Å². The summed E-state index contributed by atoms with van der Waals surface area (Å²) in [6, 6.07) is 29.5. The van der Waals surface area contributed by atoms with Gasteiger partial charge < -0.3 is 0 Å². The molecular formula is C28H20F2S. The lowest BCUT2D eigenvalue weighted by atomic mass is 10.1. The van der Waals surface area contributed by atoms with Crippen molar-refractivity contribution in [3.05, 3.63) is 131 Å². The van der Waals surface area contributed by atoms with Gasteiger partial charge in [-0.1, -0.05) is 84.6 Å². The zero-order valence-corrected chi connectivity index (χ0v) is 17.5. The Morgan fingerprint density at radius 2 is 0.645 bits per heavy atom. The van der Waals surface area contributed by atoms with Gasteiger partial charge in [-0.25, -0.2) is 8.78 Å². The summed E-state index contributed by atoms with van der Waals surface area (Å²) in [5.74, 6) is -0.453. The Morgan fingerprint density at radius 3 is 0.935 bits per heavy atom. The molecule has 0 amide bonds. The highest BCUT2D eigenvalue weighted by Crippen LogP contribution is 2.28. The van der Waals surface area contributed by atoms with Gasteiger partial charge in [-0.3, -0.25) is 0 Å². The first-order valence-corrected chi connectivity index (χ1v) is 10.7. The molecule has 0 bridgehead atoms. The third-order valence-electron chi connectivity index (χ3n) is 4.67. The third-order valence-corrected chi connectivity index (χ3v) is 5.69. The summed E-state index contributed by atoms with van der Waals surface area (Å²) in [6.45, 7) is 0. The largest absolute Gasteiger partial charge is 0.207 e. The zero-order valence-electron chi connectivity index (χ0n) is 16.7. The van der Waals surface area contributed by atoms with Gasteiger partial charge in [0.2, 0.25) is 0 Å². The van der Waals surface area contributed by atoms with E-state index in [0.717, 1.165) is 32.0 Å². The molecule has 0 spiro atoms. The van der Waals surface area contributed by atoms with Crippen molar-refractivity contribution < 1.29 is 8.78 Å². The van der Waals surface area contributed by atoms with Crippen molar-refractivity contribution in [1.29, 1.82) is 0 Å². The molecule has 0 saturated heterocycles. The van der Waals surface area contributed by atoms with Crippen LogP contribution in [0.3, 0.4) is 0 Å². The molecular weight excluding hydrogens is 406 g/mol. The smallest absolute Gasteiger partial charge is 0.123 e. The van der Waals surface area contributed by atoms with Gasteiger partial charge in [0.15, 0.2) is 0 Å². The van der Waals surface area contributed by atoms with Crippen LogP contribution in [0.2, 0.25) is 0 Å². The molecule has 0 aliphatic rings. The van der Waals surface area contributed by atoms with Crippen LogP contribution >= 0.6 is 11.8 Å². The quantitative estimate of drug-likeness (QED) is 0.279. The van der Waals surface area contributed by atoms with E-state index in [1.54, 1.807) is 36.0 Å². The average Bonchev–Trinajstić information content (AvgIpc) is 2.80. The highest BCUT2D eigenvalue weighted by atomic mass is 32.2. The highest BCUT2D eigenvalue weighted by Gasteiger charge is 1.98. The predicted molar refractivity (Wildman–Crippen MR) is 128 cm³/mol. The lowest BCUT2D eigenvalue weighted by molar-refractivity contribution is 0.627. The molecule has 0 unspecified atom stereocenters. The SMILES string of the molecule is Fc1ccc(C=Cc2ccc(Sc3ccc(C=Cc4ccc(F)cc4)cc3)cc2)cc1. The molecule has 0 atom stereocenters. The van der Waals surface area contributed by atoms with E-state index in [0.29, 0.717) is 0 Å². The van der Waals surface area contributed by atoms with Gasteiger partial charge >= 0.3 is 0 Å². The van der Waals surface area contributed by atoms with Crippen LogP contribution in [0.25, 0.3) is 24.3 Å². The Bertz CT molecular complexity index is 1070. The first-order chi connectivity index (χ1) is 15.1. The molecule has 0 radical (unpaired) electrons. The van der Waals surface area contributed by atoms with Gasteiger partial charge in [-0.15, -0.1) is 0 Å². The highest BCUT2D eigenvalue weighted by molar-refractivity contribution is 7.99. The molecule has 0 nitrogen and oxygen atoms in total. The Morgan fingerprint density at radius 1 is 0.387 bits per heavy atom. The summed E-state index contributed by atoms with van der Waals surface area (Å²) < 4.78 is 26.0. The van der Waals surface area contributed by atoms with Crippen molar-refractivity contribution in [2.24, 2.45) is 0 Å². The second kappa shape index (κ2) is 10.1. The van der Waals surface area contributed by atoms with Gasteiger partial charge in [0.1, 0.15) is 11.6 Å². The van der Waals surface area contributed by atoms with Crippen molar-refractivity contribution in [1.82, 2.24) is 0 Å². The Labute approximate surface area is 185 Å². The minimum Gasteiger partial charge on any atom is -0.207 e. The minimum atomic E-state index is -0.226. The standard InChI is InChI=1S/C28H20F2S/c29-25-13-5-21(6-14-25)1-3-23-9-17-27(18-10-23)31-28-19-11-24(12-20-28)4-2-22-7-15-26(30)16-8-22/h1-20H. The van der Waals surface area contributed by atoms with E-state index in [1.807, 2.05) is 24.3 Å². The van der Waals surface area contributed by atoms with Gasteiger partial charge in [0.05, 0.1) is 0 Å². The van der Waals surface area contributed by atoms with Gasteiger partial charge in [-0.2, -0.15) is 0 Å². The van der Waals surface area contributed by atoms with Crippen LogP contribution in [-0.2, 0) is 0 Å². The maximum absolute atomic E-state index is 13.0. The fourth-order valence-electron chi connectivity index (χ4n) is 2.96. The topological polar surface area (TPSA) is 0 Å². The molecule has 0 aliphatic heterocycles. The van der Waals surface area contributed by atoms with Crippen LogP contribution < -0.4 is 0 Å². The summed E-state index contributed by atoms with van der Waals surface area (Å²) in [5.41, 5.74) is 4.12. The predicted octanol–water partition coefficient (Wildman–Crippen LogP) is 8.46. The van der Waals surface area contributed by atoms with Gasteiger partial charge in [0, 0.05) is 9.79 Å². The van der Waals surface area contributed by atoms with E-state index in [-0.39, 0.29) is 11.6 Å². The summed E-state index contributed by atoms with van der Waals surface area (Å²) >= 11 is 1.71. The van der Waals surface area contributed by atoms with Crippen molar-refractivity contribution in [3.63, 3.8) is 0 Å². The zero-order chi connectivity index (χ0) is 21.5. The maximum Gasteiger partial charge on any atom is 0.123 e. The van der Waals surface area contributed by atoms with E-state index in [1.165, 1.54) is 24.3 Å². The van der Waals surface area contributed by atoms with Gasteiger partial charge in [0.25, 0.3) is 0 Å². The first kappa shape index (κ1) is 20.8. The summed E-state index contributed by atoms with van der Waals surface area (Å²) in [7, 11) is 0. The van der Waals surface area contributed by atoms with E-state index in [4.69, 9.17) is 0 Å². The fraction of sp³-hybridized carbons (Fsp3) is 0. The maximum atomic E-state index is 13.0. The van der Waals surface area contributed by atoms with Crippen LogP contribution in [0.15, 0.2) is 107 Å². The normalized spacial score (nSPS) is 11.4. The molecule has 4 aromatic carbocycles. The Kier molecular flexibility index (Phi) is 6.75. The lowest BCUT2D eigenvalue weighted by Gasteiger charge is -2.03. The molecule has 0 N–H and O–H groups in total.